The fraction of sp³-hybridized carbons (Fsp3) is 0.357. The van der Waals surface area contributed by atoms with Crippen LogP contribution in [0.1, 0.15) is 12.8 Å². The van der Waals surface area contributed by atoms with Crippen LogP contribution in [0.15, 0.2) is 35.8 Å². The third-order valence-corrected chi connectivity index (χ3v) is 5.00. The van der Waals surface area contributed by atoms with Gasteiger partial charge in [0.15, 0.2) is 0 Å². The van der Waals surface area contributed by atoms with Crippen molar-refractivity contribution in [3.63, 3.8) is 0 Å². The molecule has 2 heterocycles. The molecule has 0 spiro atoms. The molecule has 1 aliphatic heterocycles. The highest BCUT2D eigenvalue weighted by atomic mass is 32.2. The van der Waals surface area contributed by atoms with E-state index >= 15 is 0 Å². The van der Waals surface area contributed by atoms with Crippen molar-refractivity contribution in [3.8, 4) is 10.6 Å². The number of benzene rings is 1. The smallest absolute Gasteiger partial charge is 0.123 e. The van der Waals surface area contributed by atoms with Gasteiger partial charge in [-0.05, 0) is 36.5 Å². The minimum absolute atomic E-state index is 0.637. The summed E-state index contributed by atoms with van der Waals surface area (Å²) in [5.41, 5.74) is 2.43. The number of rotatable bonds is 3. The van der Waals surface area contributed by atoms with Crippen LogP contribution in [0.3, 0.4) is 0 Å². The summed E-state index contributed by atoms with van der Waals surface area (Å²) < 4.78 is 0. The monoisotopic (exact) mass is 276 g/mol. The lowest BCUT2D eigenvalue weighted by molar-refractivity contribution is 0.667. The van der Waals surface area contributed by atoms with Crippen molar-refractivity contribution in [2.24, 2.45) is 0 Å². The van der Waals surface area contributed by atoms with E-state index in [1.165, 1.54) is 35.6 Å². The summed E-state index contributed by atoms with van der Waals surface area (Å²) >= 11 is 3.75. The van der Waals surface area contributed by atoms with E-state index in [9.17, 15) is 0 Å². The highest BCUT2D eigenvalue weighted by molar-refractivity contribution is 7.99. The van der Waals surface area contributed by atoms with Gasteiger partial charge in [0, 0.05) is 28.9 Å². The Bertz CT molecular complexity index is 490. The van der Waals surface area contributed by atoms with Crippen molar-refractivity contribution in [2.75, 3.05) is 16.8 Å². The zero-order valence-electron chi connectivity index (χ0n) is 10.1. The summed E-state index contributed by atoms with van der Waals surface area (Å²) in [6, 6.07) is 9.23. The van der Waals surface area contributed by atoms with Crippen molar-refractivity contribution in [2.45, 2.75) is 18.9 Å². The lowest BCUT2D eigenvalue weighted by Crippen LogP contribution is -2.24. The van der Waals surface area contributed by atoms with Crippen LogP contribution in [0, 0.1) is 0 Å². The molecule has 1 saturated heterocycles. The van der Waals surface area contributed by atoms with Crippen LogP contribution in [0.5, 0.6) is 0 Å². The summed E-state index contributed by atoms with van der Waals surface area (Å²) in [4.78, 5) is 4.36. The maximum absolute atomic E-state index is 4.36. The Morgan fingerprint density at radius 2 is 2.11 bits per heavy atom. The first-order valence-corrected chi connectivity index (χ1v) is 8.29. The lowest BCUT2D eigenvalue weighted by Gasteiger charge is -2.23. The average molecular weight is 276 g/mol. The van der Waals surface area contributed by atoms with Crippen LogP contribution in [0.2, 0.25) is 0 Å². The average Bonchev–Trinajstić information content (AvgIpc) is 2.94. The third kappa shape index (κ3) is 2.87. The number of aromatic nitrogens is 1. The van der Waals surface area contributed by atoms with Gasteiger partial charge in [0.2, 0.25) is 0 Å². The minimum atomic E-state index is 0.637. The maximum atomic E-state index is 4.36. The van der Waals surface area contributed by atoms with Gasteiger partial charge in [0.25, 0.3) is 0 Å². The number of hydrogen-bond donors (Lipinski definition) is 1. The molecule has 0 bridgehead atoms. The molecule has 0 atom stereocenters. The van der Waals surface area contributed by atoms with E-state index in [1.54, 1.807) is 11.3 Å². The van der Waals surface area contributed by atoms with Gasteiger partial charge in [-0.1, -0.05) is 12.1 Å². The summed E-state index contributed by atoms with van der Waals surface area (Å²) in [5, 5.41) is 6.76. The molecule has 0 radical (unpaired) electrons. The molecule has 2 aromatic rings. The van der Waals surface area contributed by atoms with Crippen molar-refractivity contribution in [1.82, 2.24) is 4.98 Å². The molecule has 0 aliphatic carbocycles. The molecular weight excluding hydrogens is 260 g/mol. The van der Waals surface area contributed by atoms with E-state index in [2.05, 4.69) is 46.3 Å². The Morgan fingerprint density at radius 1 is 1.22 bits per heavy atom. The second-order valence-corrected chi connectivity index (χ2v) is 6.57. The minimum Gasteiger partial charge on any atom is -0.382 e. The molecule has 2 nitrogen and oxygen atoms in total. The van der Waals surface area contributed by atoms with Gasteiger partial charge in [-0.15, -0.1) is 11.3 Å². The summed E-state index contributed by atoms with van der Waals surface area (Å²) in [7, 11) is 0. The second-order valence-electron chi connectivity index (χ2n) is 4.45. The fourth-order valence-corrected chi connectivity index (χ4v) is 3.93. The molecule has 3 rings (SSSR count). The maximum Gasteiger partial charge on any atom is 0.123 e. The molecular formula is C14H16N2S2. The first kappa shape index (κ1) is 12.1. The van der Waals surface area contributed by atoms with E-state index in [0.29, 0.717) is 6.04 Å². The van der Waals surface area contributed by atoms with Gasteiger partial charge >= 0.3 is 0 Å². The van der Waals surface area contributed by atoms with Crippen LogP contribution >= 0.6 is 23.1 Å². The van der Waals surface area contributed by atoms with Gasteiger partial charge in [0.1, 0.15) is 5.01 Å². The standard InChI is InChI=1S/C14H16N2S2/c1-2-11(14-15-6-9-18-14)10-13(3-1)16-12-4-7-17-8-5-12/h1-3,6,9-10,12,16H,4-5,7-8H2. The van der Waals surface area contributed by atoms with E-state index in [1.807, 2.05) is 11.6 Å². The highest BCUT2D eigenvalue weighted by Gasteiger charge is 2.13. The van der Waals surface area contributed by atoms with Crippen LogP contribution in [-0.4, -0.2) is 22.5 Å². The molecule has 1 aromatic heterocycles. The number of anilines is 1. The van der Waals surface area contributed by atoms with Crippen LogP contribution in [-0.2, 0) is 0 Å². The topological polar surface area (TPSA) is 24.9 Å². The zero-order valence-corrected chi connectivity index (χ0v) is 11.8. The van der Waals surface area contributed by atoms with Crippen molar-refractivity contribution in [3.05, 3.63) is 35.8 Å². The molecule has 18 heavy (non-hydrogen) atoms. The first-order chi connectivity index (χ1) is 8.92. The summed E-state index contributed by atoms with van der Waals surface area (Å²) in [6.45, 7) is 0. The Morgan fingerprint density at radius 3 is 2.89 bits per heavy atom. The number of nitrogens with zero attached hydrogens (tertiary/aromatic N) is 1. The number of thioether (sulfide) groups is 1. The van der Waals surface area contributed by atoms with E-state index in [0.717, 1.165) is 5.01 Å². The molecule has 0 saturated carbocycles. The largest absolute Gasteiger partial charge is 0.382 e. The predicted molar refractivity (Wildman–Crippen MR) is 81.5 cm³/mol. The normalized spacial score (nSPS) is 16.7. The van der Waals surface area contributed by atoms with Crippen LogP contribution in [0.25, 0.3) is 10.6 Å². The Balaban J connectivity index is 1.74. The molecule has 0 unspecified atom stereocenters. The summed E-state index contributed by atoms with van der Waals surface area (Å²) in [5.74, 6) is 2.56. The molecule has 1 N–H and O–H groups in total. The van der Waals surface area contributed by atoms with E-state index in [-0.39, 0.29) is 0 Å². The molecule has 4 heteroatoms. The fourth-order valence-electron chi connectivity index (χ4n) is 2.19. The Labute approximate surface area is 116 Å². The van der Waals surface area contributed by atoms with Gasteiger partial charge in [-0.3, -0.25) is 0 Å². The molecule has 1 aliphatic rings. The zero-order chi connectivity index (χ0) is 12.2. The van der Waals surface area contributed by atoms with Gasteiger partial charge < -0.3 is 5.32 Å². The number of thiazole rings is 1. The second kappa shape index (κ2) is 5.76. The molecule has 94 valence electrons. The van der Waals surface area contributed by atoms with Crippen LogP contribution < -0.4 is 5.32 Å². The number of nitrogens with one attached hydrogen (secondary N) is 1. The Kier molecular flexibility index (Phi) is 3.86. The van der Waals surface area contributed by atoms with Crippen molar-refractivity contribution >= 4 is 28.8 Å². The van der Waals surface area contributed by atoms with Gasteiger partial charge in [-0.2, -0.15) is 11.8 Å². The van der Waals surface area contributed by atoms with E-state index in [4.69, 9.17) is 0 Å². The molecule has 1 fully saturated rings. The van der Waals surface area contributed by atoms with Crippen molar-refractivity contribution < 1.29 is 0 Å². The predicted octanol–water partition coefficient (Wildman–Crippen LogP) is 4.12. The SMILES string of the molecule is c1cc(NC2CCSCC2)cc(-c2nccs2)c1. The van der Waals surface area contributed by atoms with Gasteiger partial charge in [-0.25, -0.2) is 4.98 Å². The summed E-state index contributed by atoms with van der Waals surface area (Å²) in [6.07, 6.45) is 4.40. The number of hydrogen-bond acceptors (Lipinski definition) is 4. The third-order valence-electron chi connectivity index (χ3n) is 3.13. The van der Waals surface area contributed by atoms with E-state index < -0.39 is 0 Å². The Hall–Kier alpha value is -1.00. The highest BCUT2D eigenvalue weighted by Crippen LogP contribution is 2.26. The quantitative estimate of drug-likeness (QED) is 0.913. The van der Waals surface area contributed by atoms with Crippen molar-refractivity contribution in [1.29, 1.82) is 0 Å². The molecule has 0 amide bonds. The lowest BCUT2D eigenvalue weighted by atomic mass is 10.1. The molecule has 1 aromatic carbocycles. The van der Waals surface area contributed by atoms with Gasteiger partial charge in [0.05, 0.1) is 0 Å². The van der Waals surface area contributed by atoms with Crippen LogP contribution in [0.4, 0.5) is 5.69 Å². The first-order valence-electron chi connectivity index (χ1n) is 6.26.